The number of rotatable bonds is 10. The Kier molecular flexibility index (Phi) is 9.45. The van der Waals surface area contributed by atoms with E-state index in [-0.39, 0.29) is 5.91 Å². The van der Waals surface area contributed by atoms with E-state index in [1.165, 1.54) is 0 Å². The van der Waals surface area contributed by atoms with Crippen molar-refractivity contribution in [3.63, 3.8) is 0 Å². The van der Waals surface area contributed by atoms with Gasteiger partial charge in [0.25, 0.3) is 5.91 Å². The van der Waals surface area contributed by atoms with Crippen molar-refractivity contribution in [3.8, 4) is 0 Å². The van der Waals surface area contributed by atoms with Crippen LogP contribution in [0.4, 0.5) is 0 Å². The summed E-state index contributed by atoms with van der Waals surface area (Å²) in [6.45, 7) is 5.34. The first-order valence-corrected chi connectivity index (χ1v) is 7.68. The van der Waals surface area contributed by atoms with E-state index < -0.39 is 0 Å². The average molecular weight is 306 g/mol. The minimum atomic E-state index is -0.0633. The van der Waals surface area contributed by atoms with Crippen LogP contribution in [0.2, 0.25) is 0 Å². The van der Waals surface area contributed by atoms with Gasteiger partial charge in [0.15, 0.2) is 5.96 Å². The molecule has 0 aromatic heterocycles. The number of ether oxygens (including phenoxy) is 1. The smallest absolute Gasteiger partial charge is 0.251 e. The molecule has 0 saturated carbocycles. The van der Waals surface area contributed by atoms with Crippen LogP contribution < -0.4 is 16.4 Å². The van der Waals surface area contributed by atoms with Crippen LogP contribution in [0.5, 0.6) is 0 Å². The number of nitrogens with zero attached hydrogens (tertiary/aromatic N) is 1. The first-order chi connectivity index (χ1) is 10.7. The minimum Gasteiger partial charge on any atom is -0.382 e. The van der Waals surface area contributed by atoms with Gasteiger partial charge in [0, 0.05) is 38.4 Å². The van der Waals surface area contributed by atoms with Gasteiger partial charge in [-0.05, 0) is 31.9 Å². The molecule has 4 N–H and O–H groups in total. The van der Waals surface area contributed by atoms with E-state index in [0.717, 1.165) is 32.6 Å². The lowest BCUT2D eigenvalue weighted by molar-refractivity contribution is 0.0953. The first-order valence-electron chi connectivity index (χ1n) is 7.68. The summed E-state index contributed by atoms with van der Waals surface area (Å²) in [4.78, 5) is 16.0. The van der Waals surface area contributed by atoms with Crippen molar-refractivity contribution in [1.82, 2.24) is 10.6 Å². The summed E-state index contributed by atoms with van der Waals surface area (Å²) in [6.07, 6.45) is 1.65. The van der Waals surface area contributed by atoms with E-state index in [9.17, 15) is 4.79 Å². The highest BCUT2D eigenvalue weighted by molar-refractivity contribution is 5.94. The standard InChI is InChI=1S/C16H26N4O2/c1-2-22-13-7-12-20-16(17)19-11-6-10-18-15(21)14-8-4-3-5-9-14/h3-5,8-9H,2,6-7,10-13H2,1H3,(H,18,21)(H3,17,19,20). The van der Waals surface area contributed by atoms with Gasteiger partial charge >= 0.3 is 0 Å². The molecule has 122 valence electrons. The van der Waals surface area contributed by atoms with Crippen LogP contribution in [-0.2, 0) is 4.74 Å². The molecule has 0 aliphatic carbocycles. The average Bonchev–Trinajstić information content (AvgIpc) is 2.55. The maximum atomic E-state index is 11.8. The van der Waals surface area contributed by atoms with Crippen LogP contribution in [0.1, 0.15) is 30.1 Å². The SMILES string of the molecule is CCOCCCNC(N)=NCCCNC(=O)c1ccccc1. The number of carbonyl (C=O) groups is 1. The van der Waals surface area contributed by atoms with Crippen molar-refractivity contribution in [3.05, 3.63) is 35.9 Å². The largest absolute Gasteiger partial charge is 0.382 e. The molecule has 1 aromatic carbocycles. The fraction of sp³-hybridized carbons (Fsp3) is 0.500. The third-order valence-electron chi connectivity index (χ3n) is 2.91. The summed E-state index contributed by atoms with van der Waals surface area (Å²) in [6, 6.07) is 9.15. The Morgan fingerprint density at radius 2 is 1.91 bits per heavy atom. The highest BCUT2D eigenvalue weighted by Gasteiger charge is 2.02. The number of nitrogens with two attached hydrogens (primary N) is 1. The van der Waals surface area contributed by atoms with E-state index in [0.29, 0.717) is 24.6 Å². The van der Waals surface area contributed by atoms with Gasteiger partial charge in [-0.2, -0.15) is 0 Å². The van der Waals surface area contributed by atoms with Gasteiger partial charge in [0.2, 0.25) is 0 Å². The molecule has 0 saturated heterocycles. The van der Waals surface area contributed by atoms with Gasteiger partial charge in [0.1, 0.15) is 0 Å². The molecule has 0 unspecified atom stereocenters. The molecule has 0 heterocycles. The van der Waals surface area contributed by atoms with Crippen molar-refractivity contribution < 1.29 is 9.53 Å². The van der Waals surface area contributed by atoms with E-state index in [1.54, 1.807) is 12.1 Å². The summed E-state index contributed by atoms with van der Waals surface area (Å²) >= 11 is 0. The molecular formula is C16H26N4O2. The summed E-state index contributed by atoms with van der Waals surface area (Å²) in [5.41, 5.74) is 6.40. The fourth-order valence-electron chi connectivity index (χ4n) is 1.76. The predicted molar refractivity (Wildman–Crippen MR) is 89.0 cm³/mol. The van der Waals surface area contributed by atoms with E-state index in [1.807, 2.05) is 25.1 Å². The normalized spacial score (nSPS) is 11.2. The quantitative estimate of drug-likeness (QED) is 0.343. The second kappa shape index (κ2) is 11.6. The van der Waals surface area contributed by atoms with Crippen LogP contribution in [0.15, 0.2) is 35.3 Å². The Morgan fingerprint density at radius 3 is 2.64 bits per heavy atom. The third-order valence-corrected chi connectivity index (χ3v) is 2.91. The summed E-state index contributed by atoms with van der Waals surface area (Å²) in [5, 5.41) is 5.88. The van der Waals surface area contributed by atoms with Gasteiger partial charge in [-0.15, -0.1) is 0 Å². The van der Waals surface area contributed by atoms with Crippen molar-refractivity contribution in [2.45, 2.75) is 19.8 Å². The molecule has 1 rings (SSSR count). The number of aliphatic imine (C=N–C) groups is 1. The number of amides is 1. The Balaban J connectivity index is 2.06. The number of nitrogens with one attached hydrogen (secondary N) is 2. The molecule has 0 radical (unpaired) electrons. The highest BCUT2D eigenvalue weighted by atomic mass is 16.5. The Morgan fingerprint density at radius 1 is 1.18 bits per heavy atom. The molecule has 1 amide bonds. The summed E-state index contributed by atoms with van der Waals surface area (Å²) < 4.78 is 5.23. The second-order valence-corrected chi connectivity index (χ2v) is 4.72. The monoisotopic (exact) mass is 306 g/mol. The number of hydrogen-bond acceptors (Lipinski definition) is 3. The topological polar surface area (TPSA) is 88.7 Å². The highest BCUT2D eigenvalue weighted by Crippen LogP contribution is 1.97. The fourth-order valence-corrected chi connectivity index (χ4v) is 1.76. The predicted octanol–water partition coefficient (Wildman–Crippen LogP) is 1.14. The van der Waals surface area contributed by atoms with Crippen molar-refractivity contribution in [1.29, 1.82) is 0 Å². The first kappa shape index (κ1) is 18.0. The Labute approximate surface area is 132 Å². The molecule has 0 atom stereocenters. The lowest BCUT2D eigenvalue weighted by Crippen LogP contribution is -2.33. The lowest BCUT2D eigenvalue weighted by Gasteiger charge is -2.06. The summed E-state index contributed by atoms with van der Waals surface area (Å²) in [5.74, 6) is 0.373. The minimum absolute atomic E-state index is 0.0633. The van der Waals surface area contributed by atoms with Crippen LogP contribution in [-0.4, -0.2) is 44.7 Å². The summed E-state index contributed by atoms with van der Waals surface area (Å²) in [7, 11) is 0. The maximum Gasteiger partial charge on any atom is 0.251 e. The van der Waals surface area contributed by atoms with Crippen molar-refractivity contribution >= 4 is 11.9 Å². The maximum absolute atomic E-state index is 11.8. The third kappa shape index (κ3) is 8.26. The molecule has 6 heteroatoms. The molecule has 0 fully saturated rings. The zero-order valence-corrected chi connectivity index (χ0v) is 13.2. The lowest BCUT2D eigenvalue weighted by atomic mass is 10.2. The number of carbonyl (C=O) groups excluding carboxylic acids is 1. The number of hydrogen-bond donors (Lipinski definition) is 3. The number of benzene rings is 1. The van der Waals surface area contributed by atoms with Crippen LogP contribution >= 0.6 is 0 Å². The molecule has 22 heavy (non-hydrogen) atoms. The van der Waals surface area contributed by atoms with E-state index in [2.05, 4.69) is 15.6 Å². The molecule has 0 aliphatic heterocycles. The molecular weight excluding hydrogens is 280 g/mol. The second-order valence-electron chi connectivity index (χ2n) is 4.72. The van der Waals surface area contributed by atoms with E-state index in [4.69, 9.17) is 10.5 Å². The van der Waals surface area contributed by atoms with Gasteiger partial charge in [-0.1, -0.05) is 18.2 Å². The van der Waals surface area contributed by atoms with Crippen LogP contribution in [0.25, 0.3) is 0 Å². The molecule has 6 nitrogen and oxygen atoms in total. The van der Waals surface area contributed by atoms with Gasteiger partial charge in [0.05, 0.1) is 0 Å². The van der Waals surface area contributed by atoms with Gasteiger partial charge in [-0.3, -0.25) is 9.79 Å². The Bertz CT molecular complexity index is 449. The molecule has 1 aromatic rings. The molecule has 0 aliphatic rings. The van der Waals surface area contributed by atoms with E-state index >= 15 is 0 Å². The van der Waals surface area contributed by atoms with Crippen LogP contribution in [0.3, 0.4) is 0 Å². The van der Waals surface area contributed by atoms with Gasteiger partial charge in [-0.25, -0.2) is 0 Å². The molecule has 0 spiro atoms. The van der Waals surface area contributed by atoms with Crippen molar-refractivity contribution in [2.75, 3.05) is 32.8 Å². The number of guanidine groups is 1. The zero-order chi connectivity index (χ0) is 16.0. The van der Waals surface area contributed by atoms with Crippen molar-refractivity contribution in [2.24, 2.45) is 10.7 Å². The Hall–Kier alpha value is -2.08. The van der Waals surface area contributed by atoms with Gasteiger partial charge < -0.3 is 21.1 Å². The zero-order valence-electron chi connectivity index (χ0n) is 13.2. The molecule has 0 bridgehead atoms. The van der Waals surface area contributed by atoms with Crippen LogP contribution in [0, 0.1) is 0 Å².